The third-order valence-electron chi connectivity index (χ3n) is 3.45. The van der Waals surface area contributed by atoms with Gasteiger partial charge in [-0.05, 0) is 25.5 Å². The molecule has 0 radical (unpaired) electrons. The van der Waals surface area contributed by atoms with Gasteiger partial charge in [0.2, 0.25) is 5.69 Å². The molecule has 2 rings (SSSR count). The number of aryl methyl sites for hydroxylation is 2. The van der Waals surface area contributed by atoms with Gasteiger partial charge in [-0.2, -0.15) is 0 Å². The van der Waals surface area contributed by atoms with Gasteiger partial charge in [0.05, 0.1) is 12.3 Å². The molecular formula is C15H14F2N4O2. The summed E-state index contributed by atoms with van der Waals surface area (Å²) in [7, 11) is 1.17. The predicted molar refractivity (Wildman–Crippen MR) is 80.4 cm³/mol. The lowest BCUT2D eigenvalue weighted by atomic mass is 10.2. The molecule has 0 spiro atoms. The van der Waals surface area contributed by atoms with E-state index >= 15 is 0 Å². The zero-order valence-electron chi connectivity index (χ0n) is 13.0. The number of rotatable bonds is 2. The molecule has 2 heterocycles. The monoisotopic (exact) mass is 320 g/mol. The first-order valence-corrected chi connectivity index (χ1v) is 6.65. The Morgan fingerprint density at radius 3 is 2.39 bits per heavy atom. The number of halogens is 2. The molecule has 0 aromatic carbocycles. The second-order valence-corrected chi connectivity index (χ2v) is 5.28. The van der Waals surface area contributed by atoms with Crippen molar-refractivity contribution < 1.29 is 8.78 Å². The fourth-order valence-corrected chi connectivity index (χ4v) is 2.26. The van der Waals surface area contributed by atoms with Gasteiger partial charge in [0.1, 0.15) is 5.82 Å². The molecule has 8 heteroatoms. The molecule has 0 unspecified atom stereocenters. The smallest absolute Gasteiger partial charge is 0.294 e. The molecular weight excluding hydrogens is 306 g/mol. The first kappa shape index (κ1) is 16.5. The van der Waals surface area contributed by atoms with E-state index in [1.54, 1.807) is 13.8 Å². The first-order chi connectivity index (χ1) is 10.6. The van der Waals surface area contributed by atoms with Gasteiger partial charge in [-0.25, -0.2) is 28.0 Å². The predicted octanol–water partition coefficient (Wildman–Crippen LogP) is 2.21. The number of aromatic nitrogens is 3. The minimum atomic E-state index is -3.32. The van der Waals surface area contributed by atoms with Crippen molar-refractivity contribution in [3.8, 4) is 5.82 Å². The maximum Gasteiger partial charge on any atom is 0.337 e. The number of hydrogen-bond donors (Lipinski definition) is 0. The summed E-state index contributed by atoms with van der Waals surface area (Å²) in [5.74, 6) is -3.29. The van der Waals surface area contributed by atoms with Crippen molar-refractivity contribution in [2.24, 2.45) is 7.05 Å². The fourth-order valence-electron chi connectivity index (χ4n) is 2.26. The molecule has 0 aliphatic carbocycles. The van der Waals surface area contributed by atoms with Gasteiger partial charge in [-0.15, -0.1) is 0 Å². The van der Waals surface area contributed by atoms with Gasteiger partial charge < -0.3 is 0 Å². The molecule has 0 aliphatic heterocycles. The van der Waals surface area contributed by atoms with Crippen LogP contribution in [0.25, 0.3) is 10.7 Å². The Labute approximate surface area is 130 Å². The van der Waals surface area contributed by atoms with E-state index in [4.69, 9.17) is 6.57 Å². The lowest BCUT2D eigenvalue weighted by molar-refractivity contribution is 0.00825. The van der Waals surface area contributed by atoms with Gasteiger partial charge in [0.15, 0.2) is 0 Å². The molecule has 0 aliphatic rings. The second kappa shape index (κ2) is 5.43. The highest BCUT2D eigenvalue weighted by Gasteiger charge is 2.29. The summed E-state index contributed by atoms with van der Waals surface area (Å²) >= 11 is 0. The van der Waals surface area contributed by atoms with Crippen molar-refractivity contribution in [1.29, 1.82) is 0 Å². The number of pyridine rings is 1. The van der Waals surface area contributed by atoms with Crippen molar-refractivity contribution >= 4 is 5.69 Å². The van der Waals surface area contributed by atoms with Crippen LogP contribution in [0.1, 0.15) is 23.9 Å². The van der Waals surface area contributed by atoms with Crippen LogP contribution in [0.2, 0.25) is 0 Å². The van der Waals surface area contributed by atoms with Crippen LogP contribution >= 0.6 is 0 Å². The lowest BCUT2D eigenvalue weighted by Crippen LogP contribution is -2.41. The largest absolute Gasteiger partial charge is 0.337 e. The first-order valence-electron chi connectivity index (χ1n) is 6.65. The third-order valence-corrected chi connectivity index (χ3v) is 3.45. The van der Waals surface area contributed by atoms with Crippen molar-refractivity contribution in [3.63, 3.8) is 0 Å². The summed E-state index contributed by atoms with van der Waals surface area (Å²) in [5, 5.41) is 0. The standard InChI is InChI=1S/C15H14F2N4O2/c1-8-6-10(18-4)9(2)19-13(8)21-12(22)7-11(15(3,16)17)20(5)14(21)23/h6-7H,1-3,5H3. The van der Waals surface area contributed by atoms with Crippen molar-refractivity contribution in [2.45, 2.75) is 26.7 Å². The molecule has 0 N–H and O–H groups in total. The average molecular weight is 320 g/mol. The van der Waals surface area contributed by atoms with Crippen LogP contribution in [0.5, 0.6) is 0 Å². The number of alkyl halides is 2. The van der Waals surface area contributed by atoms with Gasteiger partial charge >= 0.3 is 5.69 Å². The topological polar surface area (TPSA) is 61.2 Å². The average Bonchev–Trinajstić information content (AvgIpc) is 2.45. The zero-order chi connectivity index (χ0) is 17.5. The second-order valence-electron chi connectivity index (χ2n) is 5.28. The van der Waals surface area contributed by atoms with Gasteiger partial charge in [0, 0.05) is 25.7 Å². The third kappa shape index (κ3) is 2.77. The highest BCUT2D eigenvalue weighted by atomic mass is 19.3. The van der Waals surface area contributed by atoms with Crippen molar-refractivity contribution in [3.05, 3.63) is 61.3 Å². The summed E-state index contributed by atoms with van der Waals surface area (Å²) in [6.45, 7) is 10.8. The van der Waals surface area contributed by atoms with Crippen LogP contribution < -0.4 is 11.2 Å². The molecule has 0 bridgehead atoms. The molecule has 0 amide bonds. The Hall–Kier alpha value is -2.82. The summed E-state index contributed by atoms with van der Waals surface area (Å²) in [6.07, 6.45) is 0. The summed E-state index contributed by atoms with van der Waals surface area (Å²) in [6, 6.07) is 2.22. The molecule has 0 atom stereocenters. The molecule has 0 saturated carbocycles. The number of nitrogens with zero attached hydrogens (tertiary/aromatic N) is 4. The SMILES string of the molecule is [C-]#[N+]c1cc(C)c(-n2c(=O)cc(C(C)(F)F)n(C)c2=O)nc1C. The quantitative estimate of drug-likeness (QED) is 0.797. The Morgan fingerprint density at radius 1 is 1.26 bits per heavy atom. The molecule has 0 saturated heterocycles. The minimum absolute atomic E-state index is 0.0338. The maximum absolute atomic E-state index is 13.5. The Morgan fingerprint density at radius 2 is 1.87 bits per heavy atom. The van der Waals surface area contributed by atoms with E-state index in [0.29, 0.717) is 23.9 Å². The fraction of sp³-hybridized carbons (Fsp3) is 0.333. The van der Waals surface area contributed by atoms with E-state index in [-0.39, 0.29) is 5.82 Å². The van der Waals surface area contributed by atoms with E-state index in [1.165, 1.54) is 13.1 Å². The van der Waals surface area contributed by atoms with Gasteiger partial charge in [-0.3, -0.25) is 9.36 Å². The van der Waals surface area contributed by atoms with Gasteiger partial charge in [0.25, 0.3) is 11.5 Å². The molecule has 6 nitrogen and oxygen atoms in total. The summed E-state index contributed by atoms with van der Waals surface area (Å²) < 4.78 is 28.4. The van der Waals surface area contributed by atoms with Crippen molar-refractivity contribution in [2.75, 3.05) is 0 Å². The van der Waals surface area contributed by atoms with Crippen LogP contribution in [-0.4, -0.2) is 14.1 Å². The number of hydrogen-bond acceptors (Lipinski definition) is 3. The van der Waals surface area contributed by atoms with E-state index in [9.17, 15) is 18.4 Å². The Bertz CT molecular complexity index is 946. The Kier molecular flexibility index (Phi) is 3.90. The summed E-state index contributed by atoms with van der Waals surface area (Å²) in [4.78, 5) is 32.0. The van der Waals surface area contributed by atoms with Gasteiger partial charge in [-0.1, -0.05) is 0 Å². The van der Waals surface area contributed by atoms with Crippen LogP contribution in [0.15, 0.2) is 21.7 Å². The Balaban J connectivity index is 2.85. The van der Waals surface area contributed by atoms with E-state index in [0.717, 1.165) is 15.2 Å². The van der Waals surface area contributed by atoms with Crippen LogP contribution in [-0.2, 0) is 13.0 Å². The van der Waals surface area contributed by atoms with Crippen LogP contribution in [0, 0.1) is 20.4 Å². The highest BCUT2D eigenvalue weighted by molar-refractivity contribution is 5.54. The minimum Gasteiger partial charge on any atom is -0.294 e. The molecule has 0 fully saturated rings. The highest BCUT2D eigenvalue weighted by Crippen LogP contribution is 2.25. The molecule has 2 aromatic heterocycles. The molecule has 2 aromatic rings. The summed E-state index contributed by atoms with van der Waals surface area (Å²) in [5.41, 5.74) is -1.41. The van der Waals surface area contributed by atoms with E-state index < -0.39 is 22.9 Å². The molecule has 120 valence electrons. The van der Waals surface area contributed by atoms with E-state index in [2.05, 4.69) is 9.83 Å². The molecule has 23 heavy (non-hydrogen) atoms. The van der Waals surface area contributed by atoms with E-state index in [1.807, 2.05) is 0 Å². The normalized spacial score (nSPS) is 11.3. The lowest BCUT2D eigenvalue weighted by Gasteiger charge is -2.17. The van der Waals surface area contributed by atoms with Crippen LogP contribution in [0.3, 0.4) is 0 Å². The van der Waals surface area contributed by atoms with Crippen molar-refractivity contribution in [1.82, 2.24) is 14.1 Å². The zero-order valence-corrected chi connectivity index (χ0v) is 13.0. The maximum atomic E-state index is 13.5. The van der Waals surface area contributed by atoms with Crippen LogP contribution in [0.4, 0.5) is 14.5 Å².